The van der Waals surface area contributed by atoms with Gasteiger partial charge in [-0.2, -0.15) is 0 Å². The van der Waals surface area contributed by atoms with Crippen LogP contribution in [0.25, 0.3) is 0 Å². The third kappa shape index (κ3) is 5.69. The zero-order chi connectivity index (χ0) is 22.6. The first kappa shape index (κ1) is 22.9. The number of halogens is 1. The van der Waals surface area contributed by atoms with Crippen molar-refractivity contribution >= 4 is 41.7 Å². The van der Waals surface area contributed by atoms with Crippen LogP contribution in [0, 0.1) is 0 Å². The predicted molar refractivity (Wildman–Crippen MR) is 116 cm³/mol. The Hall–Kier alpha value is -2.75. The predicted octanol–water partition coefficient (Wildman–Crippen LogP) is 3.77. The van der Waals surface area contributed by atoms with E-state index in [0.717, 1.165) is 9.80 Å². The number of hydroxylamine groups is 2. The highest BCUT2D eigenvalue weighted by Crippen LogP contribution is 2.27. The number of nitrogens with one attached hydrogen (secondary N) is 1. The van der Waals surface area contributed by atoms with Crippen LogP contribution in [0.1, 0.15) is 13.8 Å². The maximum Gasteiger partial charge on any atom is 0.325 e. The molecule has 0 bridgehead atoms. The molecular weight excluding hydrogens is 442 g/mol. The van der Waals surface area contributed by atoms with Crippen LogP contribution in [-0.2, 0) is 9.59 Å². The van der Waals surface area contributed by atoms with E-state index < -0.39 is 23.5 Å². The van der Waals surface area contributed by atoms with Crippen molar-refractivity contribution in [2.45, 2.75) is 30.3 Å². The van der Waals surface area contributed by atoms with Gasteiger partial charge in [-0.3, -0.25) is 19.7 Å². The molecule has 31 heavy (non-hydrogen) atoms. The van der Waals surface area contributed by atoms with Crippen molar-refractivity contribution in [1.29, 1.82) is 0 Å². The average molecular weight is 464 g/mol. The molecule has 164 valence electrons. The number of imide groups is 1. The third-order valence-electron chi connectivity index (χ3n) is 4.64. The molecule has 1 atom stereocenters. The second kappa shape index (κ2) is 9.59. The first-order chi connectivity index (χ1) is 14.7. The first-order valence-electron chi connectivity index (χ1n) is 9.42. The molecule has 4 amide bonds. The molecule has 1 aliphatic heterocycles. The fraction of sp³-hybridized carbons (Fsp3) is 0.286. The molecule has 2 aromatic rings. The van der Waals surface area contributed by atoms with Gasteiger partial charge in [-0.15, -0.1) is 11.8 Å². The van der Waals surface area contributed by atoms with E-state index in [1.807, 2.05) is 12.1 Å². The van der Waals surface area contributed by atoms with Gasteiger partial charge in [0.15, 0.2) is 0 Å². The van der Waals surface area contributed by atoms with E-state index in [0.29, 0.717) is 21.6 Å². The molecule has 1 heterocycles. The minimum absolute atomic E-state index is 0.117. The Balaban J connectivity index is 1.61. The molecule has 1 fully saturated rings. The zero-order valence-electron chi connectivity index (χ0n) is 16.9. The van der Waals surface area contributed by atoms with E-state index in [9.17, 15) is 19.6 Å². The molecule has 0 aliphatic carbocycles. The number of amides is 4. The number of ether oxygens (including phenoxy) is 1. The Morgan fingerprint density at radius 2 is 1.74 bits per heavy atom. The van der Waals surface area contributed by atoms with Gasteiger partial charge in [-0.1, -0.05) is 11.6 Å². The molecule has 1 saturated heterocycles. The van der Waals surface area contributed by atoms with Gasteiger partial charge in [0, 0.05) is 15.7 Å². The van der Waals surface area contributed by atoms with Gasteiger partial charge in [-0.05, 0) is 62.4 Å². The number of benzene rings is 2. The summed E-state index contributed by atoms with van der Waals surface area (Å²) in [4.78, 5) is 37.5. The van der Waals surface area contributed by atoms with Crippen molar-refractivity contribution in [1.82, 2.24) is 15.3 Å². The standard InChI is InChI=1S/C21H22ClN3O5S/c1-21(2)19(27)24(20(28)23-21)11-15(25(29)13-26)12-31-18-9-7-17(8-10-18)30-16-5-3-14(22)4-6-16/h3-10,13,15,29H,11-12H2,1-2H3,(H,23,28). The number of rotatable bonds is 9. The molecule has 0 aromatic heterocycles. The Bertz CT molecular complexity index is 952. The van der Waals surface area contributed by atoms with Gasteiger partial charge in [0.05, 0.1) is 12.6 Å². The third-order valence-corrected chi connectivity index (χ3v) is 6.04. The second-order valence-corrected chi connectivity index (χ2v) is 8.98. The molecule has 3 rings (SSSR count). The number of urea groups is 1. The second-order valence-electron chi connectivity index (χ2n) is 7.45. The van der Waals surface area contributed by atoms with Crippen molar-refractivity contribution < 1.29 is 24.3 Å². The lowest BCUT2D eigenvalue weighted by Crippen LogP contribution is -2.47. The number of carbonyl (C=O) groups is 3. The van der Waals surface area contributed by atoms with Gasteiger partial charge in [-0.25, -0.2) is 9.86 Å². The van der Waals surface area contributed by atoms with Gasteiger partial charge in [0.25, 0.3) is 5.91 Å². The summed E-state index contributed by atoms with van der Waals surface area (Å²) in [5.41, 5.74) is -1.02. The minimum Gasteiger partial charge on any atom is -0.457 e. The molecular formula is C21H22ClN3O5S. The molecule has 2 aromatic carbocycles. The topological polar surface area (TPSA) is 99.2 Å². The van der Waals surface area contributed by atoms with Crippen LogP contribution in [0.2, 0.25) is 5.02 Å². The number of thioether (sulfide) groups is 1. The van der Waals surface area contributed by atoms with Crippen LogP contribution in [-0.4, -0.2) is 57.4 Å². The Kier molecular flexibility index (Phi) is 7.09. The quantitative estimate of drug-likeness (QED) is 0.193. The van der Waals surface area contributed by atoms with Crippen molar-refractivity contribution in [3.05, 3.63) is 53.6 Å². The first-order valence-corrected chi connectivity index (χ1v) is 10.8. The van der Waals surface area contributed by atoms with Crippen molar-refractivity contribution in [3.63, 3.8) is 0 Å². The number of carbonyl (C=O) groups excluding carboxylic acids is 3. The number of hydrogen-bond donors (Lipinski definition) is 2. The number of hydrogen-bond acceptors (Lipinski definition) is 6. The van der Waals surface area contributed by atoms with Gasteiger partial charge in [0.2, 0.25) is 6.41 Å². The van der Waals surface area contributed by atoms with Crippen LogP contribution >= 0.6 is 23.4 Å². The minimum atomic E-state index is -1.02. The van der Waals surface area contributed by atoms with Gasteiger partial charge in [0.1, 0.15) is 17.0 Å². The van der Waals surface area contributed by atoms with E-state index in [4.69, 9.17) is 16.3 Å². The van der Waals surface area contributed by atoms with E-state index in [2.05, 4.69) is 5.32 Å². The lowest BCUT2D eigenvalue weighted by atomic mass is 10.1. The van der Waals surface area contributed by atoms with Crippen molar-refractivity contribution in [2.75, 3.05) is 12.3 Å². The maximum atomic E-state index is 12.4. The highest BCUT2D eigenvalue weighted by Gasteiger charge is 2.45. The average Bonchev–Trinajstić information content (AvgIpc) is 2.94. The molecule has 2 N–H and O–H groups in total. The van der Waals surface area contributed by atoms with Crippen LogP contribution in [0.5, 0.6) is 11.5 Å². The molecule has 1 aliphatic rings. The monoisotopic (exact) mass is 463 g/mol. The molecule has 1 unspecified atom stereocenters. The van der Waals surface area contributed by atoms with Crippen LogP contribution < -0.4 is 10.1 Å². The van der Waals surface area contributed by atoms with E-state index in [1.54, 1.807) is 50.2 Å². The normalized spacial score (nSPS) is 16.1. The SMILES string of the molecule is CC1(C)NC(=O)N(CC(CSc2ccc(Oc3ccc(Cl)cc3)cc2)N(O)C=O)C1=O. The smallest absolute Gasteiger partial charge is 0.325 e. The zero-order valence-corrected chi connectivity index (χ0v) is 18.5. The summed E-state index contributed by atoms with van der Waals surface area (Å²) in [6.07, 6.45) is 0.262. The Labute approximate surface area is 189 Å². The summed E-state index contributed by atoms with van der Waals surface area (Å²) in [5.74, 6) is 1.16. The van der Waals surface area contributed by atoms with E-state index in [1.165, 1.54) is 11.8 Å². The fourth-order valence-electron chi connectivity index (χ4n) is 2.93. The summed E-state index contributed by atoms with van der Waals surface area (Å²) in [5, 5.41) is 13.6. The van der Waals surface area contributed by atoms with Crippen LogP contribution in [0.4, 0.5) is 4.79 Å². The van der Waals surface area contributed by atoms with E-state index in [-0.39, 0.29) is 18.7 Å². The Morgan fingerprint density at radius 3 is 2.26 bits per heavy atom. The summed E-state index contributed by atoms with van der Waals surface area (Å²) in [6.45, 7) is 3.08. The molecule has 0 spiro atoms. The highest BCUT2D eigenvalue weighted by atomic mass is 35.5. The molecule has 8 nitrogen and oxygen atoms in total. The number of nitrogens with zero attached hydrogens (tertiary/aromatic N) is 2. The van der Waals surface area contributed by atoms with Gasteiger partial charge < -0.3 is 10.1 Å². The molecule has 0 saturated carbocycles. The summed E-state index contributed by atoms with van der Waals surface area (Å²) < 4.78 is 5.75. The largest absolute Gasteiger partial charge is 0.457 e. The molecule has 10 heteroatoms. The Morgan fingerprint density at radius 1 is 1.16 bits per heavy atom. The van der Waals surface area contributed by atoms with Crippen molar-refractivity contribution in [3.8, 4) is 11.5 Å². The van der Waals surface area contributed by atoms with E-state index >= 15 is 0 Å². The fourth-order valence-corrected chi connectivity index (χ4v) is 4.03. The molecule has 0 radical (unpaired) electrons. The lowest BCUT2D eigenvalue weighted by Gasteiger charge is -2.26. The van der Waals surface area contributed by atoms with Crippen molar-refractivity contribution in [2.24, 2.45) is 0 Å². The summed E-state index contributed by atoms with van der Waals surface area (Å²) >= 11 is 7.24. The van der Waals surface area contributed by atoms with Gasteiger partial charge >= 0.3 is 6.03 Å². The summed E-state index contributed by atoms with van der Waals surface area (Å²) in [6, 6.07) is 13.0. The highest BCUT2D eigenvalue weighted by molar-refractivity contribution is 7.99. The summed E-state index contributed by atoms with van der Waals surface area (Å²) in [7, 11) is 0. The maximum absolute atomic E-state index is 12.4. The van der Waals surface area contributed by atoms with Crippen LogP contribution in [0.3, 0.4) is 0 Å². The lowest BCUT2D eigenvalue weighted by molar-refractivity contribution is -0.160. The van der Waals surface area contributed by atoms with Crippen LogP contribution in [0.15, 0.2) is 53.4 Å².